The van der Waals surface area contributed by atoms with Crippen LogP contribution in [0, 0.1) is 0 Å². The zero-order chi connectivity index (χ0) is 11.3. The van der Waals surface area contributed by atoms with Crippen molar-refractivity contribution in [2.45, 2.75) is 26.0 Å². The molecule has 0 spiro atoms. The third-order valence-corrected chi connectivity index (χ3v) is 3.27. The fourth-order valence-corrected chi connectivity index (χ4v) is 1.74. The number of aliphatic hydroxyl groups excluding tert-OH is 1. The van der Waals surface area contributed by atoms with Crippen molar-refractivity contribution in [3.05, 3.63) is 33.3 Å². The first kappa shape index (κ1) is 13.0. The summed E-state index contributed by atoms with van der Waals surface area (Å²) >= 11 is 9.26. The number of rotatable bonds is 5. The Kier molecular flexibility index (Phi) is 5.61. The number of aliphatic hydroxyl groups is 1. The number of hydrogen-bond acceptors (Lipinski definition) is 2. The highest BCUT2D eigenvalue weighted by Gasteiger charge is 1.99. The molecule has 1 rings (SSSR count). The Bertz CT molecular complexity index is 317. The third kappa shape index (κ3) is 4.98. The third-order valence-electron chi connectivity index (χ3n) is 2.05. The molecular formula is C11H15BrClNO. The van der Waals surface area contributed by atoms with Gasteiger partial charge in [-0.1, -0.05) is 17.7 Å². The molecule has 0 bridgehead atoms. The predicted octanol–water partition coefficient (Wildman–Crippen LogP) is 2.96. The highest BCUT2D eigenvalue weighted by molar-refractivity contribution is 9.10. The zero-order valence-electron chi connectivity index (χ0n) is 8.63. The van der Waals surface area contributed by atoms with Crippen molar-refractivity contribution in [2.24, 2.45) is 0 Å². The van der Waals surface area contributed by atoms with Gasteiger partial charge >= 0.3 is 0 Å². The average molecular weight is 293 g/mol. The number of benzene rings is 1. The zero-order valence-corrected chi connectivity index (χ0v) is 11.0. The first-order valence-corrected chi connectivity index (χ1v) is 6.09. The minimum absolute atomic E-state index is 0.241. The molecule has 1 atom stereocenters. The van der Waals surface area contributed by atoms with Crippen molar-refractivity contribution >= 4 is 27.5 Å². The fraction of sp³-hybridized carbons (Fsp3) is 0.455. The van der Waals surface area contributed by atoms with E-state index >= 15 is 0 Å². The molecule has 84 valence electrons. The summed E-state index contributed by atoms with van der Waals surface area (Å²) in [6.45, 7) is 3.40. The van der Waals surface area contributed by atoms with E-state index in [4.69, 9.17) is 16.7 Å². The van der Waals surface area contributed by atoms with E-state index in [2.05, 4.69) is 21.2 Å². The second-order valence-corrected chi connectivity index (χ2v) is 4.82. The molecule has 2 N–H and O–H groups in total. The molecule has 15 heavy (non-hydrogen) atoms. The van der Waals surface area contributed by atoms with Crippen LogP contribution in [0.4, 0.5) is 0 Å². The molecule has 1 aromatic rings. The Hall–Kier alpha value is -0.0900. The van der Waals surface area contributed by atoms with E-state index in [-0.39, 0.29) is 6.10 Å². The topological polar surface area (TPSA) is 32.3 Å². The molecule has 0 unspecified atom stereocenters. The maximum atomic E-state index is 9.07. The summed E-state index contributed by atoms with van der Waals surface area (Å²) in [6.07, 6.45) is 0.531. The van der Waals surface area contributed by atoms with Gasteiger partial charge in [0.15, 0.2) is 0 Å². The molecule has 0 aliphatic rings. The van der Waals surface area contributed by atoms with Crippen LogP contribution in [-0.2, 0) is 6.54 Å². The summed E-state index contributed by atoms with van der Waals surface area (Å²) in [5.41, 5.74) is 1.18. The van der Waals surface area contributed by atoms with E-state index in [1.807, 2.05) is 18.2 Å². The second kappa shape index (κ2) is 6.48. The van der Waals surface area contributed by atoms with Crippen molar-refractivity contribution in [2.75, 3.05) is 6.54 Å². The number of halogens is 2. The second-order valence-electron chi connectivity index (χ2n) is 3.56. The van der Waals surface area contributed by atoms with Crippen LogP contribution in [0.2, 0.25) is 5.02 Å². The van der Waals surface area contributed by atoms with E-state index in [1.54, 1.807) is 6.92 Å². The van der Waals surface area contributed by atoms with Gasteiger partial charge in [-0.05, 0) is 53.5 Å². The van der Waals surface area contributed by atoms with Crippen LogP contribution in [-0.4, -0.2) is 17.8 Å². The van der Waals surface area contributed by atoms with Crippen LogP contribution >= 0.6 is 27.5 Å². The predicted molar refractivity (Wildman–Crippen MR) is 67.2 cm³/mol. The summed E-state index contributed by atoms with van der Waals surface area (Å²) in [6, 6.07) is 5.86. The average Bonchev–Trinajstić information content (AvgIpc) is 2.18. The minimum Gasteiger partial charge on any atom is -0.393 e. The molecule has 0 aliphatic heterocycles. The molecule has 0 saturated heterocycles. The van der Waals surface area contributed by atoms with Gasteiger partial charge < -0.3 is 10.4 Å². The normalized spacial score (nSPS) is 12.8. The van der Waals surface area contributed by atoms with Crippen LogP contribution in [0.3, 0.4) is 0 Å². The van der Waals surface area contributed by atoms with Crippen LogP contribution in [0.1, 0.15) is 18.9 Å². The van der Waals surface area contributed by atoms with Gasteiger partial charge in [0.1, 0.15) is 0 Å². The van der Waals surface area contributed by atoms with Crippen molar-refractivity contribution < 1.29 is 5.11 Å². The molecule has 0 heterocycles. The van der Waals surface area contributed by atoms with Crippen molar-refractivity contribution in [3.63, 3.8) is 0 Å². The van der Waals surface area contributed by atoms with Crippen molar-refractivity contribution in [3.8, 4) is 0 Å². The summed E-state index contributed by atoms with van der Waals surface area (Å²) in [5.74, 6) is 0. The van der Waals surface area contributed by atoms with Gasteiger partial charge in [0, 0.05) is 11.0 Å². The van der Waals surface area contributed by atoms with Gasteiger partial charge in [-0.15, -0.1) is 0 Å². The molecule has 0 amide bonds. The molecule has 0 saturated carbocycles. The molecule has 0 aromatic heterocycles. The lowest BCUT2D eigenvalue weighted by molar-refractivity contribution is 0.183. The van der Waals surface area contributed by atoms with E-state index in [0.717, 1.165) is 29.0 Å². The Labute approximate surface area is 104 Å². The van der Waals surface area contributed by atoms with Gasteiger partial charge in [-0.2, -0.15) is 0 Å². The van der Waals surface area contributed by atoms with Crippen LogP contribution < -0.4 is 5.32 Å². The quantitative estimate of drug-likeness (QED) is 0.818. The van der Waals surface area contributed by atoms with Crippen LogP contribution in [0.25, 0.3) is 0 Å². The Morgan fingerprint density at radius 1 is 1.53 bits per heavy atom. The first-order chi connectivity index (χ1) is 7.09. The Balaban J connectivity index is 2.35. The highest BCUT2D eigenvalue weighted by Crippen LogP contribution is 2.22. The lowest BCUT2D eigenvalue weighted by atomic mass is 10.2. The van der Waals surface area contributed by atoms with Gasteiger partial charge in [-0.3, -0.25) is 0 Å². The smallest absolute Gasteiger partial charge is 0.0548 e. The SMILES string of the molecule is C[C@@H](O)CCNCc1ccc(Cl)c(Br)c1. The molecule has 0 fully saturated rings. The Morgan fingerprint density at radius 3 is 2.87 bits per heavy atom. The summed E-state index contributed by atoms with van der Waals surface area (Å²) in [5, 5.41) is 13.0. The summed E-state index contributed by atoms with van der Waals surface area (Å²) in [7, 11) is 0. The molecule has 0 aliphatic carbocycles. The minimum atomic E-state index is -0.241. The molecule has 2 nitrogen and oxygen atoms in total. The van der Waals surface area contributed by atoms with Gasteiger partial charge in [0.05, 0.1) is 11.1 Å². The standard InChI is InChI=1S/C11H15BrClNO/c1-8(15)4-5-14-7-9-2-3-11(13)10(12)6-9/h2-3,6,8,14-15H,4-5,7H2,1H3/t8-/m1/s1. The van der Waals surface area contributed by atoms with Crippen molar-refractivity contribution in [1.29, 1.82) is 0 Å². The van der Waals surface area contributed by atoms with Crippen LogP contribution in [0.15, 0.2) is 22.7 Å². The Morgan fingerprint density at radius 2 is 2.27 bits per heavy atom. The van der Waals surface area contributed by atoms with Crippen molar-refractivity contribution in [1.82, 2.24) is 5.32 Å². The van der Waals surface area contributed by atoms with E-state index in [0.29, 0.717) is 0 Å². The van der Waals surface area contributed by atoms with Crippen LogP contribution in [0.5, 0.6) is 0 Å². The van der Waals surface area contributed by atoms with E-state index < -0.39 is 0 Å². The van der Waals surface area contributed by atoms with E-state index in [9.17, 15) is 0 Å². The highest BCUT2D eigenvalue weighted by atomic mass is 79.9. The fourth-order valence-electron chi connectivity index (χ4n) is 1.19. The first-order valence-electron chi connectivity index (χ1n) is 4.92. The summed E-state index contributed by atoms with van der Waals surface area (Å²) in [4.78, 5) is 0. The van der Waals surface area contributed by atoms with Gasteiger partial charge in [0.2, 0.25) is 0 Å². The maximum absolute atomic E-state index is 9.07. The molecule has 0 radical (unpaired) electrons. The lowest BCUT2D eigenvalue weighted by Gasteiger charge is -2.07. The molecule has 4 heteroatoms. The number of nitrogens with one attached hydrogen (secondary N) is 1. The van der Waals surface area contributed by atoms with Gasteiger partial charge in [-0.25, -0.2) is 0 Å². The van der Waals surface area contributed by atoms with E-state index in [1.165, 1.54) is 5.56 Å². The number of hydrogen-bond donors (Lipinski definition) is 2. The molecule has 1 aromatic carbocycles. The molecular weight excluding hydrogens is 277 g/mol. The monoisotopic (exact) mass is 291 g/mol. The van der Waals surface area contributed by atoms with Gasteiger partial charge in [0.25, 0.3) is 0 Å². The maximum Gasteiger partial charge on any atom is 0.0548 e. The lowest BCUT2D eigenvalue weighted by Crippen LogP contribution is -2.18. The summed E-state index contributed by atoms with van der Waals surface area (Å²) < 4.78 is 0.916. The largest absolute Gasteiger partial charge is 0.393 e.